The number of hydrogen-bond acceptors (Lipinski definition) is 12. The zero-order valence-corrected chi connectivity index (χ0v) is 28.0. The molecule has 2 unspecified atom stereocenters. The molecule has 2 aliphatic rings. The van der Waals surface area contributed by atoms with Gasteiger partial charge in [0.2, 0.25) is 0 Å². The lowest BCUT2D eigenvalue weighted by Crippen LogP contribution is -2.38. The molecule has 0 radical (unpaired) electrons. The van der Waals surface area contributed by atoms with Crippen molar-refractivity contribution in [2.24, 2.45) is 5.73 Å². The van der Waals surface area contributed by atoms with Crippen LogP contribution in [0.5, 0.6) is 11.8 Å². The normalized spacial score (nSPS) is 17.6. The Balaban J connectivity index is 1.69. The second kappa shape index (κ2) is 13.4. The molecule has 1 saturated heterocycles. The number of benzene rings is 2. The molecule has 0 spiro atoms. The smallest absolute Gasteiger partial charge is 0.420 e. The predicted molar refractivity (Wildman–Crippen MR) is 177 cm³/mol. The van der Waals surface area contributed by atoms with E-state index >= 15 is 17.6 Å². The molecule has 2 aromatic carbocycles. The Kier molecular flexibility index (Phi) is 9.35. The van der Waals surface area contributed by atoms with Crippen molar-refractivity contribution in [3.63, 3.8) is 0 Å². The molecule has 11 nitrogen and oxygen atoms in total. The molecule has 0 aliphatic carbocycles. The van der Waals surface area contributed by atoms with E-state index < -0.39 is 68.4 Å². The summed E-state index contributed by atoms with van der Waals surface area (Å²) in [6, 6.07) is 2.41. The number of nitrogens with two attached hydrogens (primary N) is 2. The van der Waals surface area contributed by atoms with Gasteiger partial charge in [-0.15, -0.1) is 0 Å². The Morgan fingerprint density at radius 1 is 1.18 bits per heavy atom. The van der Waals surface area contributed by atoms with Gasteiger partial charge in [-0.2, -0.15) is 28.4 Å². The molecular formula is C33H32F5N9O2S. The van der Waals surface area contributed by atoms with Crippen molar-refractivity contribution in [1.29, 1.82) is 5.26 Å². The van der Waals surface area contributed by atoms with Crippen LogP contribution in [0.2, 0.25) is 0 Å². The van der Waals surface area contributed by atoms with E-state index in [1.165, 1.54) is 12.4 Å². The van der Waals surface area contributed by atoms with Gasteiger partial charge in [-0.3, -0.25) is 9.88 Å². The SMILES string of the molecule is C=C(N)Sc1c(F)ccc(-c2c(C(F)(F)F)c3c4c(nc(OC(C)C5CCCN5C)nc4c2F)N([C@H](C)c2nccnc2N)CCO3)c1C#N. The number of alkyl halides is 3. The van der Waals surface area contributed by atoms with Gasteiger partial charge in [0.25, 0.3) is 0 Å². The summed E-state index contributed by atoms with van der Waals surface area (Å²) in [6.07, 6.45) is -1.17. The number of likely N-dealkylation sites (tertiary alicyclic amines) is 1. The minimum atomic E-state index is -5.24. The summed E-state index contributed by atoms with van der Waals surface area (Å²) in [5.74, 6) is -3.20. The molecule has 50 heavy (non-hydrogen) atoms. The van der Waals surface area contributed by atoms with Crippen LogP contribution in [0.25, 0.3) is 22.0 Å². The van der Waals surface area contributed by atoms with Crippen molar-refractivity contribution < 1.29 is 31.4 Å². The number of nitriles is 1. The molecule has 4 aromatic rings. The van der Waals surface area contributed by atoms with E-state index in [2.05, 4.69) is 31.4 Å². The summed E-state index contributed by atoms with van der Waals surface area (Å²) >= 11 is 0.532. The molecule has 0 saturated carbocycles. The van der Waals surface area contributed by atoms with E-state index in [-0.39, 0.29) is 47.3 Å². The Morgan fingerprint density at radius 3 is 2.56 bits per heavy atom. The summed E-state index contributed by atoms with van der Waals surface area (Å²) in [5, 5.41) is 9.59. The number of hydrogen-bond donors (Lipinski definition) is 2. The minimum Gasteiger partial charge on any atom is -0.490 e. The molecule has 0 amide bonds. The quantitative estimate of drug-likeness (QED) is 0.158. The predicted octanol–water partition coefficient (Wildman–Crippen LogP) is 6.18. The van der Waals surface area contributed by atoms with Gasteiger partial charge in [0.15, 0.2) is 5.82 Å². The Hall–Kier alpha value is -4.95. The zero-order valence-electron chi connectivity index (χ0n) is 27.2. The maximum Gasteiger partial charge on any atom is 0.420 e. The van der Waals surface area contributed by atoms with Crippen LogP contribution in [0.4, 0.5) is 33.6 Å². The molecule has 1 fully saturated rings. The van der Waals surface area contributed by atoms with Gasteiger partial charge in [-0.25, -0.2) is 13.8 Å². The summed E-state index contributed by atoms with van der Waals surface area (Å²) in [4.78, 5) is 20.6. The fraction of sp³-hybridized carbons (Fsp3) is 0.364. The van der Waals surface area contributed by atoms with E-state index in [1.807, 2.05) is 14.0 Å². The largest absolute Gasteiger partial charge is 0.490 e. The fourth-order valence-corrected chi connectivity index (χ4v) is 7.32. The van der Waals surface area contributed by atoms with E-state index in [0.717, 1.165) is 31.5 Å². The number of thioether (sulfide) groups is 1. The van der Waals surface area contributed by atoms with Crippen molar-refractivity contribution in [1.82, 2.24) is 24.8 Å². The number of anilines is 2. The Bertz CT molecular complexity index is 2040. The van der Waals surface area contributed by atoms with Crippen LogP contribution in [0, 0.1) is 23.0 Å². The van der Waals surface area contributed by atoms with Crippen LogP contribution in [0.15, 0.2) is 41.0 Å². The van der Waals surface area contributed by atoms with Gasteiger partial charge in [0.05, 0.1) is 33.5 Å². The van der Waals surface area contributed by atoms with Crippen LogP contribution < -0.4 is 25.8 Å². The van der Waals surface area contributed by atoms with E-state index in [4.69, 9.17) is 20.9 Å². The molecule has 6 rings (SSSR count). The first-order valence-corrected chi connectivity index (χ1v) is 16.4. The first kappa shape index (κ1) is 34.9. The number of ether oxygens (including phenoxy) is 2. The van der Waals surface area contributed by atoms with Crippen LogP contribution in [-0.4, -0.2) is 63.7 Å². The van der Waals surface area contributed by atoms with Crippen molar-refractivity contribution in [3.05, 3.63) is 64.6 Å². The number of likely N-dealkylation sites (N-methyl/N-ethyl adjacent to an activating group) is 1. The maximum atomic E-state index is 17.2. The van der Waals surface area contributed by atoms with Crippen LogP contribution in [0.1, 0.15) is 49.6 Å². The third-order valence-electron chi connectivity index (χ3n) is 8.89. The molecule has 3 atom stereocenters. The second-order valence-corrected chi connectivity index (χ2v) is 13.1. The highest BCUT2D eigenvalue weighted by atomic mass is 32.2. The molecule has 4 heterocycles. The summed E-state index contributed by atoms with van der Waals surface area (Å²) in [5.41, 5.74) is 7.83. The molecule has 4 N–H and O–H groups in total. The van der Waals surface area contributed by atoms with Crippen molar-refractivity contribution in [3.8, 4) is 29.0 Å². The molecule has 17 heteroatoms. The highest BCUT2D eigenvalue weighted by Gasteiger charge is 2.44. The van der Waals surface area contributed by atoms with Crippen LogP contribution in [0.3, 0.4) is 0 Å². The number of halogens is 5. The standard InChI is InChI=1S/C33H32F5N9O2S/c1-15(26-30(41)43-10-9-42-26)47-12-13-48-28-23-27(44-32(45-31(23)47)49-16(2)21-6-5-11-46(21)4)25(35)22(24(28)33(36,37)38)18-7-8-20(34)29(19(18)14-39)50-17(3)40/h7-10,15-16,21H,3,5-6,11-13,40H2,1-2,4H3,(H2,41,43)/t15-,16?,21?/m1/s1. The van der Waals surface area contributed by atoms with E-state index in [1.54, 1.807) is 17.9 Å². The van der Waals surface area contributed by atoms with Crippen LogP contribution in [-0.2, 0) is 6.18 Å². The summed E-state index contributed by atoms with van der Waals surface area (Å²) in [7, 11) is 1.94. The molecule has 0 bridgehead atoms. The lowest BCUT2D eigenvalue weighted by Gasteiger charge is -2.30. The molecular weight excluding hydrogens is 681 g/mol. The molecule has 2 aromatic heterocycles. The van der Waals surface area contributed by atoms with Crippen molar-refractivity contribution >= 4 is 34.3 Å². The maximum absolute atomic E-state index is 17.2. The van der Waals surface area contributed by atoms with Gasteiger partial charge in [-0.1, -0.05) is 18.3 Å². The highest BCUT2D eigenvalue weighted by Crippen LogP contribution is 2.53. The van der Waals surface area contributed by atoms with Gasteiger partial charge >= 0.3 is 12.2 Å². The number of rotatable bonds is 8. The molecule has 2 aliphatic heterocycles. The highest BCUT2D eigenvalue weighted by molar-refractivity contribution is 8.03. The number of nitrogen functional groups attached to an aromatic ring is 1. The second-order valence-electron chi connectivity index (χ2n) is 12.0. The van der Waals surface area contributed by atoms with Crippen LogP contribution >= 0.6 is 11.8 Å². The van der Waals surface area contributed by atoms with Gasteiger partial charge < -0.3 is 25.8 Å². The average molecular weight is 714 g/mol. The third kappa shape index (κ3) is 6.17. The Labute approximate surface area is 288 Å². The lowest BCUT2D eigenvalue weighted by molar-refractivity contribution is -0.138. The van der Waals surface area contributed by atoms with Gasteiger partial charge in [0, 0.05) is 29.6 Å². The third-order valence-corrected chi connectivity index (χ3v) is 9.75. The van der Waals surface area contributed by atoms with E-state index in [0.29, 0.717) is 17.5 Å². The Morgan fingerprint density at radius 2 is 1.92 bits per heavy atom. The average Bonchev–Trinajstić information content (AvgIpc) is 3.40. The number of aromatic nitrogens is 4. The zero-order chi connectivity index (χ0) is 36.1. The van der Waals surface area contributed by atoms with Gasteiger partial charge in [-0.05, 0) is 52.4 Å². The molecule has 262 valence electrons. The lowest BCUT2D eigenvalue weighted by atomic mass is 9.91. The monoisotopic (exact) mass is 713 g/mol. The fourth-order valence-electron chi connectivity index (χ4n) is 6.63. The topological polar surface area (TPSA) is 152 Å². The summed E-state index contributed by atoms with van der Waals surface area (Å²) < 4.78 is 90.0. The van der Waals surface area contributed by atoms with E-state index in [9.17, 15) is 9.65 Å². The van der Waals surface area contributed by atoms with Crippen molar-refractivity contribution in [2.75, 3.05) is 37.4 Å². The van der Waals surface area contributed by atoms with Gasteiger partial charge in [0.1, 0.15) is 58.8 Å². The number of nitrogens with zero attached hydrogens (tertiary/aromatic N) is 7. The first-order valence-electron chi connectivity index (χ1n) is 15.5. The summed E-state index contributed by atoms with van der Waals surface area (Å²) in [6.45, 7) is 7.49. The first-order chi connectivity index (χ1) is 23.7. The minimum absolute atomic E-state index is 0.0274. The van der Waals surface area contributed by atoms with Crippen molar-refractivity contribution in [2.45, 2.75) is 55.9 Å².